The average molecular weight is 519 g/mol. The summed E-state index contributed by atoms with van der Waals surface area (Å²) in [4.78, 5) is 19.2. The van der Waals surface area contributed by atoms with E-state index < -0.39 is 0 Å². The van der Waals surface area contributed by atoms with Crippen molar-refractivity contribution in [3.8, 4) is 5.75 Å². The number of hydrogen-bond acceptors (Lipinski definition) is 4. The van der Waals surface area contributed by atoms with Crippen LogP contribution in [-0.2, 0) is 0 Å². The molecule has 3 N–H and O–H groups in total. The van der Waals surface area contributed by atoms with E-state index in [2.05, 4.69) is 53.5 Å². The number of carbonyl (C=O) groups excluding carboxylic acids is 1. The van der Waals surface area contributed by atoms with Gasteiger partial charge >= 0.3 is 0 Å². The Hall–Kier alpha value is -1.55. The lowest BCUT2D eigenvalue weighted by atomic mass is 10.2. The molecule has 1 aromatic carbocycles. The van der Waals surface area contributed by atoms with E-state index in [0.29, 0.717) is 30.7 Å². The molecule has 1 amide bonds. The summed E-state index contributed by atoms with van der Waals surface area (Å²) >= 11 is 0. The number of carbonyl (C=O) groups is 1. The molecule has 0 bridgehead atoms. The molecule has 0 heterocycles. The maximum atomic E-state index is 12.2. The number of guanidine groups is 1. The minimum atomic E-state index is -0.101. The number of ether oxygens (including phenoxy) is 1. The van der Waals surface area contributed by atoms with E-state index in [9.17, 15) is 4.79 Å². The second kappa shape index (κ2) is 15.3. The maximum Gasteiger partial charge on any atom is 0.251 e. The zero-order chi connectivity index (χ0) is 20.9. The highest BCUT2D eigenvalue weighted by Crippen LogP contribution is 2.10. The maximum absolute atomic E-state index is 12.2. The van der Waals surface area contributed by atoms with Crippen molar-refractivity contribution in [1.82, 2.24) is 20.9 Å². The predicted octanol–water partition coefficient (Wildman–Crippen LogP) is 2.72. The molecule has 0 fully saturated rings. The third-order valence-corrected chi connectivity index (χ3v) is 4.35. The number of rotatable bonds is 11. The standard InChI is InChI=1S/C21H37N5O2.HI/c1-7-22-21(25-14-15-26(16(2)3)17(4)5)24-13-12-23-20(27)18-8-10-19(28-6)11-9-18;/h8-11,16-17H,7,12-15H2,1-6H3,(H,23,27)(H2,22,24,25);1H. The smallest absolute Gasteiger partial charge is 0.251 e. The summed E-state index contributed by atoms with van der Waals surface area (Å²) in [6, 6.07) is 8.06. The van der Waals surface area contributed by atoms with E-state index in [1.54, 1.807) is 31.4 Å². The molecule has 1 rings (SSSR count). The van der Waals surface area contributed by atoms with Gasteiger partial charge in [0, 0.05) is 43.8 Å². The number of nitrogens with one attached hydrogen (secondary N) is 3. The molecular formula is C21H38IN5O2. The molecular weight excluding hydrogens is 481 g/mol. The van der Waals surface area contributed by atoms with Gasteiger partial charge in [-0.2, -0.15) is 0 Å². The van der Waals surface area contributed by atoms with Crippen molar-refractivity contribution in [3.63, 3.8) is 0 Å². The van der Waals surface area contributed by atoms with Crippen molar-refractivity contribution in [1.29, 1.82) is 0 Å². The van der Waals surface area contributed by atoms with E-state index in [-0.39, 0.29) is 29.9 Å². The Balaban J connectivity index is 0.00000784. The normalized spacial score (nSPS) is 11.4. The second-order valence-corrected chi connectivity index (χ2v) is 7.10. The third kappa shape index (κ3) is 10.7. The van der Waals surface area contributed by atoms with Crippen LogP contribution in [0.5, 0.6) is 5.75 Å². The largest absolute Gasteiger partial charge is 0.497 e. The van der Waals surface area contributed by atoms with Crippen molar-refractivity contribution < 1.29 is 9.53 Å². The lowest BCUT2D eigenvalue weighted by molar-refractivity contribution is 0.0954. The molecule has 0 radical (unpaired) electrons. The SMILES string of the molecule is CCNC(=NCCN(C(C)C)C(C)C)NCCNC(=O)c1ccc(OC)cc1.I. The van der Waals surface area contributed by atoms with Crippen molar-refractivity contribution in [3.05, 3.63) is 29.8 Å². The predicted molar refractivity (Wildman–Crippen MR) is 132 cm³/mol. The topological polar surface area (TPSA) is 78.0 Å². The fourth-order valence-electron chi connectivity index (χ4n) is 2.93. The minimum absolute atomic E-state index is 0. The summed E-state index contributed by atoms with van der Waals surface area (Å²) in [5.41, 5.74) is 0.615. The average Bonchev–Trinajstić information content (AvgIpc) is 2.67. The van der Waals surface area contributed by atoms with E-state index in [1.165, 1.54) is 0 Å². The summed E-state index contributed by atoms with van der Waals surface area (Å²) in [6.07, 6.45) is 0. The summed E-state index contributed by atoms with van der Waals surface area (Å²) in [5.74, 6) is 1.41. The zero-order valence-electron chi connectivity index (χ0n) is 18.6. The van der Waals surface area contributed by atoms with Gasteiger partial charge in [0.2, 0.25) is 0 Å². The Morgan fingerprint density at radius 3 is 2.14 bits per heavy atom. The molecule has 0 aromatic heterocycles. The Labute approximate surface area is 193 Å². The number of methoxy groups -OCH3 is 1. The van der Waals surface area contributed by atoms with E-state index in [1.807, 2.05) is 6.92 Å². The van der Waals surface area contributed by atoms with Gasteiger partial charge in [-0.25, -0.2) is 0 Å². The van der Waals surface area contributed by atoms with Crippen LogP contribution in [0.15, 0.2) is 29.3 Å². The van der Waals surface area contributed by atoms with Crippen LogP contribution >= 0.6 is 24.0 Å². The van der Waals surface area contributed by atoms with Crippen LogP contribution < -0.4 is 20.7 Å². The fraction of sp³-hybridized carbons (Fsp3) is 0.619. The molecule has 0 aliphatic carbocycles. The molecule has 7 nitrogen and oxygen atoms in total. The molecule has 0 atom stereocenters. The first kappa shape index (κ1) is 27.5. The first-order chi connectivity index (χ1) is 13.4. The summed E-state index contributed by atoms with van der Waals surface area (Å²) in [6.45, 7) is 14.4. The monoisotopic (exact) mass is 519 g/mol. The van der Waals surface area contributed by atoms with E-state index >= 15 is 0 Å². The zero-order valence-corrected chi connectivity index (χ0v) is 20.9. The molecule has 0 aliphatic heterocycles. The van der Waals surface area contributed by atoms with Crippen LogP contribution in [0.25, 0.3) is 0 Å². The van der Waals surface area contributed by atoms with Crippen molar-refractivity contribution >= 4 is 35.8 Å². The molecule has 166 valence electrons. The van der Waals surface area contributed by atoms with Crippen LogP contribution in [0.2, 0.25) is 0 Å². The number of benzene rings is 1. The Morgan fingerprint density at radius 2 is 1.62 bits per heavy atom. The molecule has 0 spiro atoms. The van der Waals surface area contributed by atoms with Gasteiger partial charge in [-0.15, -0.1) is 24.0 Å². The van der Waals surface area contributed by atoms with Crippen LogP contribution in [-0.4, -0.2) is 68.7 Å². The van der Waals surface area contributed by atoms with Crippen molar-refractivity contribution in [2.75, 3.05) is 39.8 Å². The molecule has 0 saturated carbocycles. The van der Waals surface area contributed by atoms with Gasteiger partial charge in [-0.05, 0) is 58.9 Å². The van der Waals surface area contributed by atoms with Crippen LogP contribution in [0.1, 0.15) is 45.0 Å². The molecule has 0 unspecified atom stereocenters. The lowest BCUT2D eigenvalue weighted by Gasteiger charge is -2.29. The number of aliphatic imine (C=N–C) groups is 1. The number of amides is 1. The van der Waals surface area contributed by atoms with Crippen molar-refractivity contribution in [2.24, 2.45) is 4.99 Å². The van der Waals surface area contributed by atoms with E-state index in [0.717, 1.165) is 31.3 Å². The first-order valence-electron chi connectivity index (χ1n) is 10.1. The summed E-state index contributed by atoms with van der Waals surface area (Å²) in [7, 11) is 1.60. The first-order valence-corrected chi connectivity index (χ1v) is 10.1. The van der Waals surface area contributed by atoms with Gasteiger partial charge in [0.25, 0.3) is 5.91 Å². The third-order valence-electron chi connectivity index (χ3n) is 4.35. The highest BCUT2D eigenvalue weighted by Gasteiger charge is 2.12. The molecule has 1 aromatic rings. The van der Waals surface area contributed by atoms with Gasteiger partial charge in [-0.1, -0.05) is 0 Å². The van der Waals surface area contributed by atoms with Crippen molar-refractivity contribution in [2.45, 2.75) is 46.7 Å². The second-order valence-electron chi connectivity index (χ2n) is 7.10. The van der Waals surface area contributed by atoms with Crippen LogP contribution in [0.3, 0.4) is 0 Å². The Bertz CT molecular complexity index is 598. The lowest BCUT2D eigenvalue weighted by Crippen LogP contribution is -2.42. The number of hydrogen-bond donors (Lipinski definition) is 3. The Kier molecular flexibility index (Phi) is 14.5. The van der Waals surface area contributed by atoms with Crippen LogP contribution in [0.4, 0.5) is 0 Å². The van der Waals surface area contributed by atoms with Crippen LogP contribution in [0, 0.1) is 0 Å². The molecule has 29 heavy (non-hydrogen) atoms. The number of nitrogens with zero attached hydrogens (tertiary/aromatic N) is 2. The quantitative estimate of drug-likeness (QED) is 0.182. The minimum Gasteiger partial charge on any atom is -0.497 e. The van der Waals surface area contributed by atoms with Gasteiger partial charge in [-0.3, -0.25) is 14.7 Å². The molecule has 0 saturated heterocycles. The highest BCUT2D eigenvalue weighted by molar-refractivity contribution is 14.0. The summed E-state index contributed by atoms with van der Waals surface area (Å²) < 4.78 is 5.10. The van der Waals surface area contributed by atoms with Gasteiger partial charge < -0.3 is 20.7 Å². The molecule has 8 heteroatoms. The summed E-state index contributed by atoms with van der Waals surface area (Å²) in [5, 5.41) is 9.41. The van der Waals surface area contributed by atoms with Gasteiger partial charge in [0.15, 0.2) is 5.96 Å². The number of halogens is 1. The van der Waals surface area contributed by atoms with E-state index in [4.69, 9.17) is 4.74 Å². The highest BCUT2D eigenvalue weighted by atomic mass is 127. The molecule has 0 aliphatic rings. The Morgan fingerprint density at radius 1 is 1.03 bits per heavy atom. The van der Waals surface area contributed by atoms with Gasteiger partial charge in [0.1, 0.15) is 5.75 Å². The van der Waals surface area contributed by atoms with Gasteiger partial charge in [0.05, 0.1) is 13.7 Å². The fourth-order valence-corrected chi connectivity index (χ4v) is 2.93.